The van der Waals surface area contributed by atoms with Crippen molar-refractivity contribution in [2.24, 2.45) is 5.73 Å². The molecular weight excluding hydrogens is 178 g/mol. The summed E-state index contributed by atoms with van der Waals surface area (Å²) in [5, 5.41) is 19.5. The molecule has 14 heavy (non-hydrogen) atoms. The fourth-order valence-corrected chi connectivity index (χ4v) is 1.89. The predicted octanol–water partition coefficient (Wildman–Crippen LogP) is 1.31. The molecule has 0 bridgehead atoms. The van der Waals surface area contributed by atoms with Crippen LogP contribution < -0.4 is 5.73 Å². The number of hydrogen-bond acceptors (Lipinski definition) is 3. The summed E-state index contributed by atoms with van der Waals surface area (Å²) in [7, 11) is 0. The maximum absolute atomic E-state index is 10.00. The summed E-state index contributed by atoms with van der Waals surface area (Å²) in [4.78, 5) is 0. The quantitative estimate of drug-likeness (QED) is 0.663. The van der Waals surface area contributed by atoms with E-state index in [0.29, 0.717) is 5.56 Å². The van der Waals surface area contributed by atoms with E-state index in [1.165, 1.54) is 0 Å². The maximum atomic E-state index is 10.00. The molecule has 1 fully saturated rings. The number of phenolic OH excluding ortho intramolecular Hbond substituents is 1. The van der Waals surface area contributed by atoms with Crippen LogP contribution in [0.1, 0.15) is 30.9 Å². The number of nitrogens with two attached hydrogens (primary N) is 1. The molecule has 1 saturated carbocycles. The Kier molecular flexibility index (Phi) is 2.21. The predicted molar refractivity (Wildman–Crippen MR) is 53.8 cm³/mol. The molecule has 0 amide bonds. The van der Waals surface area contributed by atoms with Crippen molar-refractivity contribution in [3.05, 3.63) is 29.8 Å². The molecule has 2 rings (SSSR count). The molecule has 1 aromatic carbocycles. The van der Waals surface area contributed by atoms with E-state index in [1.807, 2.05) is 0 Å². The van der Waals surface area contributed by atoms with Gasteiger partial charge < -0.3 is 15.9 Å². The van der Waals surface area contributed by atoms with Gasteiger partial charge in [0.15, 0.2) is 0 Å². The molecule has 0 radical (unpaired) electrons. The van der Waals surface area contributed by atoms with Gasteiger partial charge in [-0.05, 0) is 25.3 Å². The molecule has 1 aliphatic rings. The van der Waals surface area contributed by atoms with E-state index in [-0.39, 0.29) is 5.75 Å². The summed E-state index contributed by atoms with van der Waals surface area (Å²) in [6, 6.07) is 6.81. The first kappa shape index (κ1) is 9.49. The van der Waals surface area contributed by atoms with Gasteiger partial charge in [0, 0.05) is 11.1 Å². The largest absolute Gasteiger partial charge is 0.508 e. The highest BCUT2D eigenvalue weighted by Gasteiger charge is 2.41. The maximum Gasteiger partial charge on any atom is 0.121 e. The van der Waals surface area contributed by atoms with Crippen LogP contribution in [0.25, 0.3) is 0 Å². The van der Waals surface area contributed by atoms with Gasteiger partial charge in [0.2, 0.25) is 0 Å². The van der Waals surface area contributed by atoms with Crippen LogP contribution in [-0.4, -0.2) is 15.8 Å². The van der Waals surface area contributed by atoms with Crippen LogP contribution >= 0.6 is 0 Å². The van der Waals surface area contributed by atoms with E-state index in [0.717, 1.165) is 19.3 Å². The highest BCUT2D eigenvalue weighted by Crippen LogP contribution is 2.41. The minimum atomic E-state index is -0.752. The lowest BCUT2D eigenvalue weighted by atomic mass is 9.71. The average molecular weight is 193 g/mol. The molecule has 3 nitrogen and oxygen atoms in total. The molecule has 1 aromatic rings. The molecule has 1 unspecified atom stereocenters. The molecule has 0 heterocycles. The highest BCUT2D eigenvalue weighted by molar-refractivity contribution is 5.36. The van der Waals surface area contributed by atoms with Crippen LogP contribution in [0.4, 0.5) is 0 Å². The third-order valence-electron chi connectivity index (χ3n) is 3.06. The van der Waals surface area contributed by atoms with Crippen LogP contribution in [0.2, 0.25) is 0 Å². The summed E-state index contributed by atoms with van der Waals surface area (Å²) >= 11 is 0. The van der Waals surface area contributed by atoms with Gasteiger partial charge in [-0.3, -0.25) is 0 Å². The van der Waals surface area contributed by atoms with Crippen LogP contribution in [0.15, 0.2) is 24.3 Å². The summed E-state index contributed by atoms with van der Waals surface area (Å²) in [6.45, 7) is 0. The summed E-state index contributed by atoms with van der Waals surface area (Å²) in [6.07, 6.45) is 1.95. The van der Waals surface area contributed by atoms with E-state index in [9.17, 15) is 10.2 Å². The Labute approximate surface area is 83.2 Å². The van der Waals surface area contributed by atoms with E-state index in [2.05, 4.69) is 0 Å². The number of rotatable bonds is 2. The van der Waals surface area contributed by atoms with Gasteiger partial charge >= 0.3 is 0 Å². The van der Waals surface area contributed by atoms with Gasteiger partial charge in [-0.25, -0.2) is 0 Å². The number of aliphatic hydroxyl groups excluding tert-OH is 1. The summed E-state index contributed by atoms with van der Waals surface area (Å²) in [5.41, 5.74) is 5.99. The SMILES string of the molecule is NC1(C(O)c2ccccc2O)CCC1. The topological polar surface area (TPSA) is 66.5 Å². The van der Waals surface area contributed by atoms with Crippen molar-refractivity contribution in [2.45, 2.75) is 30.9 Å². The van der Waals surface area contributed by atoms with Gasteiger partial charge in [0.1, 0.15) is 11.9 Å². The Morgan fingerprint density at radius 2 is 1.93 bits per heavy atom. The standard InChI is InChI=1S/C11H15NO2/c12-11(6-3-7-11)10(14)8-4-1-2-5-9(8)13/h1-2,4-5,10,13-14H,3,6-7,12H2. The zero-order chi connectivity index (χ0) is 10.2. The molecule has 1 atom stereocenters. The molecule has 3 heteroatoms. The molecule has 0 aliphatic heterocycles. The van der Waals surface area contributed by atoms with Crippen molar-refractivity contribution >= 4 is 0 Å². The van der Waals surface area contributed by atoms with Gasteiger partial charge in [-0.2, -0.15) is 0 Å². The molecule has 1 aliphatic carbocycles. The monoisotopic (exact) mass is 193 g/mol. The van der Waals surface area contributed by atoms with Crippen molar-refractivity contribution in [3.8, 4) is 5.75 Å². The molecule has 76 valence electrons. The second-order valence-electron chi connectivity index (χ2n) is 4.05. The highest BCUT2D eigenvalue weighted by atomic mass is 16.3. The van der Waals surface area contributed by atoms with E-state index in [4.69, 9.17) is 5.73 Å². The summed E-state index contributed by atoms with van der Waals surface area (Å²) in [5.74, 6) is 0.122. The normalized spacial score (nSPS) is 21.3. The van der Waals surface area contributed by atoms with Gasteiger partial charge in [-0.15, -0.1) is 0 Å². The summed E-state index contributed by atoms with van der Waals surface area (Å²) < 4.78 is 0. The second-order valence-corrected chi connectivity index (χ2v) is 4.05. The number of hydrogen-bond donors (Lipinski definition) is 3. The van der Waals surface area contributed by atoms with Crippen LogP contribution in [0, 0.1) is 0 Å². The van der Waals surface area contributed by atoms with Gasteiger partial charge in [0.25, 0.3) is 0 Å². The van der Waals surface area contributed by atoms with Crippen molar-refractivity contribution in [1.82, 2.24) is 0 Å². The first-order valence-electron chi connectivity index (χ1n) is 4.88. The van der Waals surface area contributed by atoms with Crippen LogP contribution in [0.5, 0.6) is 5.75 Å². The van der Waals surface area contributed by atoms with Crippen molar-refractivity contribution in [2.75, 3.05) is 0 Å². The van der Waals surface area contributed by atoms with Gasteiger partial charge in [-0.1, -0.05) is 18.2 Å². The van der Waals surface area contributed by atoms with E-state index >= 15 is 0 Å². The number of para-hydroxylation sites is 1. The lowest BCUT2D eigenvalue weighted by molar-refractivity contribution is 0.0321. The van der Waals surface area contributed by atoms with Crippen LogP contribution in [-0.2, 0) is 0 Å². The molecule has 0 saturated heterocycles. The molecule has 0 spiro atoms. The van der Waals surface area contributed by atoms with E-state index in [1.54, 1.807) is 24.3 Å². The second kappa shape index (κ2) is 3.26. The Morgan fingerprint density at radius 1 is 1.29 bits per heavy atom. The molecule has 0 aromatic heterocycles. The zero-order valence-corrected chi connectivity index (χ0v) is 7.98. The fraction of sp³-hybridized carbons (Fsp3) is 0.455. The third-order valence-corrected chi connectivity index (χ3v) is 3.06. The minimum Gasteiger partial charge on any atom is -0.508 e. The fourth-order valence-electron chi connectivity index (χ4n) is 1.89. The lowest BCUT2D eigenvalue weighted by Gasteiger charge is -2.42. The van der Waals surface area contributed by atoms with Crippen LogP contribution in [0.3, 0.4) is 0 Å². The smallest absolute Gasteiger partial charge is 0.121 e. The number of aliphatic hydroxyl groups is 1. The Morgan fingerprint density at radius 3 is 2.43 bits per heavy atom. The molecular formula is C11H15NO2. The number of aromatic hydroxyl groups is 1. The Hall–Kier alpha value is -1.06. The zero-order valence-electron chi connectivity index (χ0n) is 7.98. The average Bonchev–Trinajstić information content (AvgIpc) is 2.14. The Bertz CT molecular complexity index is 334. The van der Waals surface area contributed by atoms with Crippen molar-refractivity contribution in [3.63, 3.8) is 0 Å². The number of phenols is 1. The van der Waals surface area contributed by atoms with Gasteiger partial charge in [0.05, 0.1) is 0 Å². The first-order valence-corrected chi connectivity index (χ1v) is 4.88. The minimum absolute atomic E-state index is 0.122. The number of benzene rings is 1. The third kappa shape index (κ3) is 1.38. The Balaban J connectivity index is 2.26. The van der Waals surface area contributed by atoms with E-state index < -0.39 is 11.6 Å². The first-order chi connectivity index (χ1) is 6.63. The molecule has 4 N–H and O–H groups in total. The van der Waals surface area contributed by atoms with Crippen molar-refractivity contribution < 1.29 is 10.2 Å². The van der Waals surface area contributed by atoms with Crippen molar-refractivity contribution in [1.29, 1.82) is 0 Å². The lowest BCUT2D eigenvalue weighted by Crippen LogP contribution is -2.51.